The van der Waals surface area contributed by atoms with Crippen LogP contribution in [0.5, 0.6) is 0 Å². The highest BCUT2D eigenvalue weighted by atomic mass is 16.3. The Kier molecular flexibility index (Phi) is 5.35. The van der Waals surface area contributed by atoms with Crippen molar-refractivity contribution in [3.8, 4) is 0 Å². The van der Waals surface area contributed by atoms with E-state index in [1.165, 1.54) is 6.20 Å². The number of likely N-dealkylation sites (tertiary alicyclic amines) is 2. The van der Waals surface area contributed by atoms with Crippen molar-refractivity contribution in [1.82, 2.24) is 29.7 Å². The molecule has 0 spiro atoms. The second kappa shape index (κ2) is 8.06. The van der Waals surface area contributed by atoms with E-state index in [4.69, 9.17) is 0 Å². The van der Waals surface area contributed by atoms with E-state index >= 15 is 0 Å². The lowest BCUT2D eigenvalue weighted by molar-refractivity contribution is 0.0621. The first-order valence-electron chi connectivity index (χ1n) is 9.43. The van der Waals surface area contributed by atoms with Crippen LogP contribution in [-0.2, 0) is 6.42 Å². The maximum atomic E-state index is 12.5. The molecule has 8 nitrogen and oxygen atoms in total. The lowest BCUT2D eigenvalue weighted by atomic mass is 10.00. The molecule has 8 heteroatoms. The lowest BCUT2D eigenvalue weighted by Gasteiger charge is -2.36. The molecule has 27 heavy (non-hydrogen) atoms. The number of β-amino-alcohol motifs (C(OH)–C–C–N with tert-alkyl or cyclic N) is 1. The Morgan fingerprint density at radius 1 is 1.04 bits per heavy atom. The monoisotopic (exact) mass is 368 g/mol. The molecule has 0 aliphatic carbocycles. The lowest BCUT2D eigenvalue weighted by Crippen LogP contribution is -2.46. The summed E-state index contributed by atoms with van der Waals surface area (Å²) in [4.78, 5) is 33.2. The van der Waals surface area contributed by atoms with E-state index in [1.807, 2.05) is 4.90 Å². The summed E-state index contributed by atoms with van der Waals surface area (Å²) in [5.74, 6) is 0.129. The molecule has 2 atom stereocenters. The van der Waals surface area contributed by atoms with Gasteiger partial charge in [-0.1, -0.05) is 0 Å². The molecular formula is C19H24N6O2. The van der Waals surface area contributed by atoms with Gasteiger partial charge < -0.3 is 10.0 Å². The molecule has 2 aliphatic heterocycles. The van der Waals surface area contributed by atoms with Gasteiger partial charge in [0.05, 0.1) is 18.0 Å². The fourth-order valence-electron chi connectivity index (χ4n) is 4.10. The summed E-state index contributed by atoms with van der Waals surface area (Å²) in [6, 6.07) is 0.400. The molecule has 0 aromatic carbocycles. The number of carbonyl (C=O) groups is 1. The van der Waals surface area contributed by atoms with Gasteiger partial charge in [-0.05, 0) is 19.3 Å². The van der Waals surface area contributed by atoms with Gasteiger partial charge in [0.25, 0.3) is 5.91 Å². The summed E-state index contributed by atoms with van der Waals surface area (Å²) >= 11 is 0. The van der Waals surface area contributed by atoms with Crippen LogP contribution in [0.2, 0.25) is 0 Å². The molecule has 0 radical (unpaired) electrons. The van der Waals surface area contributed by atoms with Crippen molar-refractivity contribution in [3.63, 3.8) is 0 Å². The van der Waals surface area contributed by atoms with Gasteiger partial charge in [0.2, 0.25) is 0 Å². The number of amides is 1. The van der Waals surface area contributed by atoms with Crippen LogP contribution in [0.1, 0.15) is 29.0 Å². The molecule has 2 aliphatic rings. The SMILES string of the molecule is O=C(c1cnccn1)N1CCC(N2C[C@@H](Cc3cnccn3)[C@H](O)C2)CC1. The van der Waals surface area contributed by atoms with Crippen molar-refractivity contribution >= 4 is 5.91 Å². The maximum absolute atomic E-state index is 12.5. The van der Waals surface area contributed by atoms with Gasteiger partial charge in [-0.3, -0.25) is 24.6 Å². The third-order valence-electron chi connectivity index (χ3n) is 5.57. The Bertz CT molecular complexity index is 751. The Labute approximate surface area is 158 Å². The zero-order valence-corrected chi connectivity index (χ0v) is 15.2. The molecule has 0 bridgehead atoms. The number of piperidine rings is 1. The van der Waals surface area contributed by atoms with Crippen LogP contribution in [0.4, 0.5) is 0 Å². The molecule has 2 fully saturated rings. The minimum Gasteiger partial charge on any atom is -0.391 e. The number of nitrogens with zero attached hydrogens (tertiary/aromatic N) is 6. The molecular weight excluding hydrogens is 344 g/mol. The van der Waals surface area contributed by atoms with E-state index in [9.17, 15) is 9.90 Å². The minimum absolute atomic E-state index is 0.0523. The van der Waals surface area contributed by atoms with Crippen molar-refractivity contribution in [2.75, 3.05) is 26.2 Å². The largest absolute Gasteiger partial charge is 0.391 e. The van der Waals surface area contributed by atoms with Gasteiger partial charge in [-0.25, -0.2) is 4.98 Å². The van der Waals surface area contributed by atoms with Crippen LogP contribution in [0.25, 0.3) is 0 Å². The van der Waals surface area contributed by atoms with Crippen LogP contribution in [0.3, 0.4) is 0 Å². The standard InChI is InChI=1S/C19H24N6O2/c26-18-13-25(12-14(18)9-15-10-20-3-5-22-15)16-1-7-24(8-2-16)19(27)17-11-21-4-6-23-17/h3-6,10-11,14,16,18,26H,1-2,7-9,12-13H2/t14-,18-/m1/s1. The molecule has 1 amide bonds. The Hall–Kier alpha value is -2.45. The smallest absolute Gasteiger partial charge is 0.274 e. The highest BCUT2D eigenvalue weighted by Crippen LogP contribution is 2.27. The fourth-order valence-corrected chi connectivity index (χ4v) is 4.10. The molecule has 2 aromatic rings. The quantitative estimate of drug-likeness (QED) is 0.835. The number of hydrogen-bond donors (Lipinski definition) is 1. The minimum atomic E-state index is -0.341. The average molecular weight is 368 g/mol. The molecule has 4 heterocycles. The van der Waals surface area contributed by atoms with Gasteiger partial charge in [-0.15, -0.1) is 0 Å². The topological polar surface area (TPSA) is 95.3 Å². The Balaban J connectivity index is 1.30. The van der Waals surface area contributed by atoms with Crippen LogP contribution in [0, 0.1) is 5.92 Å². The van der Waals surface area contributed by atoms with E-state index in [0.29, 0.717) is 31.4 Å². The second-order valence-electron chi connectivity index (χ2n) is 7.30. The number of carbonyl (C=O) groups excluding carboxylic acids is 1. The summed E-state index contributed by atoms with van der Waals surface area (Å²) in [7, 11) is 0. The first-order valence-corrected chi connectivity index (χ1v) is 9.43. The van der Waals surface area contributed by atoms with Gasteiger partial charge in [0, 0.05) is 69.1 Å². The van der Waals surface area contributed by atoms with Crippen molar-refractivity contribution < 1.29 is 9.90 Å². The van der Waals surface area contributed by atoms with Gasteiger partial charge in [-0.2, -0.15) is 0 Å². The number of aliphatic hydroxyl groups excluding tert-OH is 1. The third kappa shape index (κ3) is 4.12. The molecule has 0 unspecified atom stereocenters. The Morgan fingerprint density at radius 2 is 1.78 bits per heavy atom. The van der Waals surface area contributed by atoms with E-state index in [1.54, 1.807) is 31.0 Å². The van der Waals surface area contributed by atoms with E-state index in [0.717, 1.165) is 31.5 Å². The van der Waals surface area contributed by atoms with Crippen molar-refractivity contribution in [1.29, 1.82) is 0 Å². The first-order chi connectivity index (χ1) is 13.2. The molecule has 2 saturated heterocycles. The van der Waals surface area contributed by atoms with Crippen molar-refractivity contribution in [2.24, 2.45) is 5.92 Å². The van der Waals surface area contributed by atoms with Crippen LogP contribution >= 0.6 is 0 Å². The summed E-state index contributed by atoms with van der Waals surface area (Å²) in [5.41, 5.74) is 1.32. The highest BCUT2D eigenvalue weighted by Gasteiger charge is 2.37. The van der Waals surface area contributed by atoms with Crippen LogP contribution in [0.15, 0.2) is 37.2 Å². The summed E-state index contributed by atoms with van der Waals surface area (Å²) in [6.45, 7) is 2.97. The molecule has 0 saturated carbocycles. The molecule has 1 N–H and O–H groups in total. The third-order valence-corrected chi connectivity index (χ3v) is 5.57. The zero-order chi connectivity index (χ0) is 18.6. The first kappa shape index (κ1) is 17.9. The van der Waals surface area contributed by atoms with E-state index < -0.39 is 0 Å². The molecule has 2 aromatic heterocycles. The van der Waals surface area contributed by atoms with Gasteiger partial charge in [0.1, 0.15) is 5.69 Å². The number of aliphatic hydroxyl groups is 1. The zero-order valence-electron chi connectivity index (χ0n) is 15.2. The van der Waals surface area contributed by atoms with Crippen molar-refractivity contribution in [3.05, 3.63) is 48.6 Å². The number of hydrogen-bond acceptors (Lipinski definition) is 7. The second-order valence-corrected chi connectivity index (χ2v) is 7.30. The Morgan fingerprint density at radius 3 is 2.44 bits per heavy atom. The number of aromatic nitrogens is 4. The van der Waals surface area contributed by atoms with Crippen molar-refractivity contribution in [2.45, 2.75) is 31.4 Å². The maximum Gasteiger partial charge on any atom is 0.274 e. The molecule has 142 valence electrons. The van der Waals surface area contributed by atoms with E-state index in [-0.39, 0.29) is 17.9 Å². The predicted molar refractivity (Wildman–Crippen MR) is 97.8 cm³/mol. The van der Waals surface area contributed by atoms with Gasteiger partial charge >= 0.3 is 0 Å². The number of rotatable bonds is 4. The average Bonchev–Trinajstić information content (AvgIpc) is 3.09. The highest BCUT2D eigenvalue weighted by molar-refractivity contribution is 5.92. The summed E-state index contributed by atoms with van der Waals surface area (Å²) in [6.07, 6.45) is 12.0. The van der Waals surface area contributed by atoms with Gasteiger partial charge in [0.15, 0.2) is 0 Å². The predicted octanol–water partition coefficient (Wildman–Crippen LogP) is 0.407. The summed E-state index contributed by atoms with van der Waals surface area (Å²) in [5, 5.41) is 10.5. The summed E-state index contributed by atoms with van der Waals surface area (Å²) < 4.78 is 0. The van der Waals surface area contributed by atoms with Crippen LogP contribution in [-0.4, -0.2) is 79.1 Å². The van der Waals surface area contributed by atoms with Crippen LogP contribution < -0.4 is 0 Å². The molecule has 4 rings (SSSR count). The fraction of sp³-hybridized carbons (Fsp3) is 0.526. The normalized spacial score (nSPS) is 24.3. The van der Waals surface area contributed by atoms with E-state index in [2.05, 4.69) is 24.8 Å².